The Labute approximate surface area is 140 Å². The summed E-state index contributed by atoms with van der Waals surface area (Å²) < 4.78 is 39.3. The molecule has 0 aliphatic carbocycles. The van der Waals surface area contributed by atoms with Crippen LogP contribution in [0.4, 0.5) is 18.9 Å². The van der Waals surface area contributed by atoms with Gasteiger partial charge in [0, 0.05) is 11.4 Å². The Balaban J connectivity index is 2.24. The van der Waals surface area contributed by atoms with Gasteiger partial charge in [-0.15, -0.1) is 0 Å². The number of carbonyl (C=O) groups is 1. The van der Waals surface area contributed by atoms with Gasteiger partial charge in [-0.1, -0.05) is 11.6 Å². The van der Waals surface area contributed by atoms with Crippen LogP contribution in [0.25, 0.3) is 0 Å². The van der Waals surface area contributed by atoms with Crippen molar-refractivity contribution in [3.63, 3.8) is 0 Å². The molecule has 1 amide bonds. The van der Waals surface area contributed by atoms with E-state index in [-0.39, 0.29) is 17.3 Å². The minimum absolute atomic E-state index is 0.0394. The Bertz CT molecular complexity index is 847. The summed E-state index contributed by atoms with van der Waals surface area (Å²) >= 11 is 5.81. The number of halogens is 4. The molecule has 128 valence electrons. The Morgan fingerprint density at radius 3 is 2.54 bits per heavy atom. The number of amides is 1. The maximum Gasteiger partial charge on any atom is 0.416 e. The minimum Gasteiger partial charge on any atom is -0.323 e. The Kier molecular flexibility index (Phi) is 4.98. The molecule has 24 heavy (non-hydrogen) atoms. The Hall–Kier alpha value is -2.35. The molecule has 0 radical (unpaired) electrons. The topological polar surface area (TPSA) is 64.0 Å². The number of nitrogens with zero attached hydrogens (tertiary/aromatic N) is 2. The molecule has 1 aromatic heterocycles. The van der Waals surface area contributed by atoms with Crippen molar-refractivity contribution < 1.29 is 18.0 Å². The van der Waals surface area contributed by atoms with E-state index in [9.17, 15) is 22.8 Å². The molecule has 0 aliphatic heterocycles. The highest BCUT2D eigenvalue weighted by molar-refractivity contribution is 6.33. The van der Waals surface area contributed by atoms with E-state index >= 15 is 0 Å². The molecule has 0 aliphatic rings. The number of nitrogens with one attached hydrogen (secondary N) is 1. The first-order chi connectivity index (χ1) is 11.1. The number of benzene rings is 1. The van der Waals surface area contributed by atoms with Gasteiger partial charge in [-0.25, -0.2) is 4.79 Å². The monoisotopic (exact) mass is 359 g/mol. The number of alkyl halides is 3. The number of hydrogen-bond donors (Lipinski definition) is 1. The van der Waals surface area contributed by atoms with Crippen molar-refractivity contribution in [3.05, 3.63) is 56.7 Å². The SMILES string of the molecule is Cc1cc(C)n(CC(=O)Nc2cc(C(F)(F)F)ccc2Cl)c(=O)n1. The van der Waals surface area contributed by atoms with Crippen molar-refractivity contribution in [2.45, 2.75) is 26.6 Å². The summed E-state index contributed by atoms with van der Waals surface area (Å²) in [5.74, 6) is -0.688. The van der Waals surface area contributed by atoms with Crippen LogP contribution in [0.5, 0.6) is 0 Å². The van der Waals surface area contributed by atoms with Gasteiger partial charge in [0.05, 0.1) is 16.3 Å². The van der Waals surface area contributed by atoms with Crippen LogP contribution < -0.4 is 11.0 Å². The average Bonchev–Trinajstić information content (AvgIpc) is 2.44. The van der Waals surface area contributed by atoms with Crippen molar-refractivity contribution in [2.75, 3.05) is 5.32 Å². The lowest BCUT2D eigenvalue weighted by Crippen LogP contribution is -2.31. The zero-order chi connectivity index (χ0) is 18.1. The van der Waals surface area contributed by atoms with Crippen LogP contribution in [0.3, 0.4) is 0 Å². The lowest BCUT2D eigenvalue weighted by atomic mass is 10.2. The number of anilines is 1. The first kappa shape index (κ1) is 18.0. The molecule has 0 bridgehead atoms. The van der Waals surface area contributed by atoms with Crippen LogP contribution in [0.1, 0.15) is 17.0 Å². The number of rotatable bonds is 3. The fourth-order valence-corrected chi connectivity index (χ4v) is 2.26. The lowest BCUT2D eigenvalue weighted by molar-refractivity contribution is -0.137. The van der Waals surface area contributed by atoms with Crippen molar-refractivity contribution in [2.24, 2.45) is 0 Å². The van der Waals surface area contributed by atoms with E-state index in [0.717, 1.165) is 22.8 Å². The van der Waals surface area contributed by atoms with Gasteiger partial charge in [-0.05, 0) is 38.1 Å². The quantitative estimate of drug-likeness (QED) is 0.915. The highest BCUT2D eigenvalue weighted by Crippen LogP contribution is 2.33. The van der Waals surface area contributed by atoms with E-state index in [4.69, 9.17) is 11.6 Å². The molecule has 5 nitrogen and oxygen atoms in total. The minimum atomic E-state index is -4.56. The van der Waals surface area contributed by atoms with Gasteiger partial charge in [-0.2, -0.15) is 18.2 Å². The van der Waals surface area contributed by atoms with Crippen LogP contribution in [0.15, 0.2) is 29.1 Å². The average molecular weight is 360 g/mol. The number of carbonyl (C=O) groups excluding carboxylic acids is 1. The summed E-state index contributed by atoms with van der Waals surface area (Å²) in [5, 5.41) is 2.24. The second-order valence-electron chi connectivity index (χ2n) is 5.15. The molecule has 0 saturated heterocycles. The highest BCUT2D eigenvalue weighted by Gasteiger charge is 2.31. The number of aryl methyl sites for hydroxylation is 2. The molecule has 1 N–H and O–H groups in total. The van der Waals surface area contributed by atoms with Crippen LogP contribution in [-0.4, -0.2) is 15.5 Å². The second kappa shape index (κ2) is 6.64. The van der Waals surface area contributed by atoms with Crippen molar-refractivity contribution >= 4 is 23.2 Å². The van der Waals surface area contributed by atoms with E-state index in [0.29, 0.717) is 11.4 Å². The molecule has 0 unspecified atom stereocenters. The van der Waals surface area contributed by atoms with E-state index in [1.54, 1.807) is 19.9 Å². The maximum atomic E-state index is 12.7. The normalized spacial score (nSPS) is 11.4. The molecule has 1 heterocycles. The molecule has 0 saturated carbocycles. The molecule has 0 fully saturated rings. The van der Waals surface area contributed by atoms with Gasteiger partial charge < -0.3 is 5.32 Å². The molecular formula is C15H13ClF3N3O2. The van der Waals surface area contributed by atoms with Gasteiger partial charge in [0.1, 0.15) is 6.54 Å². The van der Waals surface area contributed by atoms with E-state index in [1.165, 1.54) is 0 Å². The third-order valence-corrected chi connectivity index (χ3v) is 3.55. The van der Waals surface area contributed by atoms with Crippen molar-refractivity contribution in [1.29, 1.82) is 0 Å². The third kappa shape index (κ3) is 4.14. The van der Waals surface area contributed by atoms with E-state index < -0.39 is 23.3 Å². The zero-order valence-corrected chi connectivity index (χ0v) is 13.5. The Morgan fingerprint density at radius 1 is 1.29 bits per heavy atom. The molecule has 2 aromatic rings. The van der Waals surface area contributed by atoms with Crippen LogP contribution >= 0.6 is 11.6 Å². The van der Waals surface area contributed by atoms with Crippen LogP contribution in [0, 0.1) is 13.8 Å². The zero-order valence-electron chi connectivity index (χ0n) is 12.7. The van der Waals surface area contributed by atoms with Gasteiger partial charge in [0.25, 0.3) is 0 Å². The summed E-state index contributed by atoms with van der Waals surface area (Å²) in [5.41, 5.74) is -0.708. The van der Waals surface area contributed by atoms with Crippen molar-refractivity contribution in [1.82, 2.24) is 9.55 Å². The molecule has 0 atom stereocenters. The van der Waals surface area contributed by atoms with Crippen LogP contribution in [0.2, 0.25) is 5.02 Å². The summed E-state index contributed by atoms with van der Waals surface area (Å²) in [6.45, 7) is 2.88. The number of aromatic nitrogens is 2. The standard InChI is InChI=1S/C15H13ClF3N3O2/c1-8-5-9(2)22(14(24)20-8)7-13(23)21-12-6-10(15(17,18)19)3-4-11(12)16/h3-6H,7H2,1-2H3,(H,21,23). The fourth-order valence-electron chi connectivity index (χ4n) is 2.10. The van der Waals surface area contributed by atoms with Gasteiger partial charge in [-0.3, -0.25) is 9.36 Å². The smallest absolute Gasteiger partial charge is 0.323 e. The molecule has 2 rings (SSSR count). The summed E-state index contributed by atoms with van der Waals surface area (Å²) in [6.07, 6.45) is -4.56. The summed E-state index contributed by atoms with van der Waals surface area (Å²) in [4.78, 5) is 27.6. The molecule has 1 aromatic carbocycles. The predicted molar refractivity (Wildman–Crippen MR) is 83.1 cm³/mol. The highest BCUT2D eigenvalue weighted by atomic mass is 35.5. The summed E-state index contributed by atoms with van der Waals surface area (Å²) in [7, 11) is 0. The Morgan fingerprint density at radius 2 is 1.96 bits per heavy atom. The number of hydrogen-bond acceptors (Lipinski definition) is 3. The molecule has 9 heteroatoms. The largest absolute Gasteiger partial charge is 0.416 e. The van der Waals surface area contributed by atoms with E-state index in [1.807, 2.05) is 0 Å². The predicted octanol–water partition coefficient (Wildman–Crippen LogP) is 3.17. The lowest BCUT2D eigenvalue weighted by Gasteiger charge is -2.13. The fraction of sp³-hybridized carbons (Fsp3) is 0.267. The maximum absolute atomic E-state index is 12.7. The summed E-state index contributed by atoms with van der Waals surface area (Å²) in [6, 6.07) is 4.22. The van der Waals surface area contributed by atoms with Crippen molar-refractivity contribution in [3.8, 4) is 0 Å². The van der Waals surface area contributed by atoms with Gasteiger partial charge >= 0.3 is 11.9 Å². The van der Waals surface area contributed by atoms with Gasteiger partial charge in [0.15, 0.2) is 0 Å². The first-order valence-electron chi connectivity index (χ1n) is 6.79. The molecular weight excluding hydrogens is 347 g/mol. The third-order valence-electron chi connectivity index (χ3n) is 3.22. The van der Waals surface area contributed by atoms with Crippen LogP contribution in [-0.2, 0) is 17.5 Å². The van der Waals surface area contributed by atoms with Gasteiger partial charge in [0.2, 0.25) is 5.91 Å². The first-order valence-corrected chi connectivity index (χ1v) is 7.17. The second-order valence-corrected chi connectivity index (χ2v) is 5.56. The van der Waals surface area contributed by atoms with E-state index in [2.05, 4.69) is 10.3 Å². The molecule has 0 spiro atoms.